The van der Waals surface area contributed by atoms with Gasteiger partial charge in [0, 0.05) is 6.20 Å². The van der Waals surface area contributed by atoms with Crippen LogP contribution in [0.1, 0.15) is 31.5 Å². The second-order valence-electron chi connectivity index (χ2n) is 6.14. The number of nitrogens with one attached hydrogen (secondary N) is 2. The van der Waals surface area contributed by atoms with Gasteiger partial charge in [0.1, 0.15) is 5.69 Å². The second kappa shape index (κ2) is 9.58. The van der Waals surface area contributed by atoms with Crippen molar-refractivity contribution in [3.63, 3.8) is 0 Å². The lowest BCUT2D eigenvalue weighted by atomic mass is 10.0. The van der Waals surface area contributed by atoms with Crippen LogP contribution in [0.15, 0.2) is 49.8 Å². The van der Waals surface area contributed by atoms with Crippen LogP contribution in [0.25, 0.3) is 11.4 Å². The molecule has 0 spiro atoms. The third kappa shape index (κ3) is 5.24. The van der Waals surface area contributed by atoms with Gasteiger partial charge in [-0.25, -0.2) is 4.79 Å². The minimum atomic E-state index is -2.97. The number of hydrogen-bond donors (Lipinski definition) is 3. The number of alkyl halides is 2. The first-order valence-corrected chi connectivity index (χ1v) is 8.64. The van der Waals surface area contributed by atoms with Crippen molar-refractivity contribution in [1.82, 2.24) is 20.1 Å². The summed E-state index contributed by atoms with van der Waals surface area (Å²) in [6, 6.07) is 2.38. The molecule has 0 saturated carbocycles. The Morgan fingerprint density at radius 2 is 2.10 bits per heavy atom. The number of nitrogens with zero attached hydrogens (tertiary/aromatic N) is 3. The van der Waals surface area contributed by atoms with E-state index in [-0.39, 0.29) is 23.5 Å². The van der Waals surface area contributed by atoms with Gasteiger partial charge in [0.15, 0.2) is 0 Å². The van der Waals surface area contributed by atoms with E-state index in [2.05, 4.69) is 33.9 Å². The summed E-state index contributed by atoms with van der Waals surface area (Å²) in [4.78, 5) is 27.3. The molecule has 154 valence electrons. The van der Waals surface area contributed by atoms with Gasteiger partial charge in [-0.15, -0.1) is 13.2 Å². The maximum Gasteiger partial charge on any atom is 0.405 e. The number of anilines is 1. The van der Waals surface area contributed by atoms with Crippen LogP contribution in [0.2, 0.25) is 0 Å². The van der Waals surface area contributed by atoms with E-state index in [0.717, 1.165) is 6.20 Å². The summed E-state index contributed by atoms with van der Waals surface area (Å²) >= 11 is 0. The van der Waals surface area contributed by atoms with Gasteiger partial charge >= 0.3 is 12.6 Å². The van der Waals surface area contributed by atoms with E-state index < -0.39 is 30.5 Å². The van der Waals surface area contributed by atoms with Gasteiger partial charge in [-0.3, -0.25) is 9.78 Å². The molecule has 2 amide bonds. The maximum absolute atomic E-state index is 13.5. The summed E-state index contributed by atoms with van der Waals surface area (Å²) in [5.41, 5.74) is 0.554. The van der Waals surface area contributed by atoms with Crippen LogP contribution < -0.4 is 10.6 Å². The highest BCUT2D eigenvalue weighted by atomic mass is 19.3. The molecule has 10 heteroatoms. The number of carbonyl (C=O) groups excluding carboxylic acids is 1. The molecule has 3 N–H and O–H groups in total. The number of halogens is 2. The fraction of sp³-hybridized carbons (Fsp3) is 0.263. The van der Waals surface area contributed by atoms with Gasteiger partial charge in [-0.1, -0.05) is 19.1 Å². The van der Waals surface area contributed by atoms with Crippen molar-refractivity contribution >= 4 is 17.7 Å². The highest BCUT2D eigenvalue weighted by Gasteiger charge is 2.23. The Morgan fingerprint density at radius 3 is 2.69 bits per heavy atom. The van der Waals surface area contributed by atoms with Gasteiger partial charge in [0.25, 0.3) is 0 Å². The van der Waals surface area contributed by atoms with Gasteiger partial charge in [-0.05, 0) is 24.1 Å². The average Bonchev–Trinajstić information content (AvgIpc) is 3.10. The largest absolute Gasteiger partial charge is 0.465 e. The zero-order valence-electron chi connectivity index (χ0n) is 15.7. The molecule has 0 aliphatic carbocycles. The van der Waals surface area contributed by atoms with Crippen molar-refractivity contribution in [2.75, 3.05) is 5.32 Å². The molecule has 2 aromatic heterocycles. The molecule has 0 radical (unpaired) electrons. The van der Waals surface area contributed by atoms with Gasteiger partial charge in [0.05, 0.1) is 29.5 Å². The van der Waals surface area contributed by atoms with E-state index in [4.69, 9.17) is 5.11 Å². The fourth-order valence-corrected chi connectivity index (χ4v) is 2.60. The lowest BCUT2D eigenvalue weighted by Gasteiger charge is -2.17. The van der Waals surface area contributed by atoms with Crippen molar-refractivity contribution in [3.8, 4) is 11.4 Å². The summed E-state index contributed by atoms with van der Waals surface area (Å²) in [6.45, 7) is 5.76. The van der Waals surface area contributed by atoms with E-state index in [1.54, 1.807) is 13.0 Å². The summed E-state index contributed by atoms with van der Waals surface area (Å²) in [5.74, 6) is -0.989. The van der Waals surface area contributed by atoms with Crippen molar-refractivity contribution in [2.24, 2.45) is 5.92 Å². The summed E-state index contributed by atoms with van der Waals surface area (Å²) < 4.78 is 27.4. The molecule has 29 heavy (non-hydrogen) atoms. The first kappa shape index (κ1) is 21.7. The topological polar surface area (TPSA) is 109 Å². The van der Waals surface area contributed by atoms with E-state index in [1.807, 2.05) is 0 Å². The third-order valence-electron chi connectivity index (χ3n) is 4.13. The highest BCUT2D eigenvalue weighted by molar-refractivity contribution is 5.96. The second-order valence-corrected chi connectivity index (χ2v) is 6.14. The third-order valence-corrected chi connectivity index (χ3v) is 4.13. The maximum atomic E-state index is 13.5. The number of carbonyl (C=O) groups is 2. The fourth-order valence-electron chi connectivity index (χ4n) is 2.60. The van der Waals surface area contributed by atoms with Gasteiger partial charge < -0.3 is 15.7 Å². The summed E-state index contributed by atoms with van der Waals surface area (Å²) in [5, 5.41) is 17.6. The number of aromatic nitrogens is 3. The molecule has 0 aromatic carbocycles. The SMILES string of the molecule is C=CC[C@H](NC(=O)O)c1ccnc(-c2c(NC(=O)[C@H](C)C=C)cnn2C(F)F)c1. The number of hydrogen-bond acceptors (Lipinski definition) is 4. The number of carboxylic acid groups (broad SMARTS) is 1. The molecular formula is C19H21F2N5O3. The van der Waals surface area contributed by atoms with E-state index in [0.29, 0.717) is 10.2 Å². The Balaban J connectivity index is 2.51. The molecule has 0 unspecified atom stereocenters. The molecule has 0 saturated heterocycles. The van der Waals surface area contributed by atoms with Crippen LogP contribution in [-0.4, -0.2) is 31.9 Å². The Morgan fingerprint density at radius 1 is 1.38 bits per heavy atom. The minimum Gasteiger partial charge on any atom is -0.465 e. The van der Waals surface area contributed by atoms with E-state index >= 15 is 0 Å². The number of rotatable bonds is 9. The normalized spacial score (nSPS) is 12.8. The predicted octanol–water partition coefficient (Wildman–Crippen LogP) is 3.99. The molecule has 2 heterocycles. The Kier molecular flexibility index (Phi) is 7.18. The quantitative estimate of drug-likeness (QED) is 0.547. The predicted molar refractivity (Wildman–Crippen MR) is 103 cm³/mol. The monoisotopic (exact) mass is 405 g/mol. The first-order valence-electron chi connectivity index (χ1n) is 8.64. The van der Waals surface area contributed by atoms with Crippen molar-refractivity contribution in [3.05, 3.63) is 55.4 Å². The Labute approximate surface area is 165 Å². The van der Waals surface area contributed by atoms with Gasteiger partial charge in [-0.2, -0.15) is 18.6 Å². The Bertz CT molecular complexity index is 913. The lowest BCUT2D eigenvalue weighted by Crippen LogP contribution is -2.26. The molecule has 8 nitrogen and oxygen atoms in total. The van der Waals surface area contributed by atoms with Crippen LogP contribution in [0.3, 0.4) is 0 Å². The zero-order valence-corrected chi connectivity index (χ0v) is 15.7. The van der Waals surface area contributed by atoms with Crippen LogP contribution >= 0.6 is 0 Å². The number of amides is 2. The lowest BCUT2D eigenvalue weighted by molar-refractivity contribution is -0.118. The van der Waals surface area contributed by atoms with Gasteiger partial charge in [0.2, 0.25) is 5.91 Å². The summed E-state index contributed by atoms with van der Waals surface area (Å²) in [6.07, 6.45) is 4.48. The van der Waals surface area contributed by atoms with Crippen LogP contribution in [0.4, 0.5) is 19.3 Å². The highest BCUT2D eigenvalue weighted by Crippen LogP contribution is 2.32. The minimum absolute atomic E-state index is 0.0557. The summed E-state index contributed by atoms with van der Waals surface area (Å²) in [7, 11) is 0. The molecule has 0 aliphatic heterocycles. The molecule has 0 aliphatic rings. The molecule has 0 fully saturated rings. The van der Waals surface area contributed by atoms with Crippen molar-refractivity contribution < 1.29 is 23.5 Å². The van der Waals surface area contributed by atoms with Crippen molar-refractivity contribution in [1.29, 1.82) is 0 Å². The van der Waals surface area contributed by atoms with Crippen molar-refractivity contribution in [2.45, 2.75) is 25.9 Å². The van der Waals surface area contributed by atoms with E-state index in [1.165, 1.54) is 24.4 Å². The number of pyridine rings is 1. The first-order chi connectivity index (χ1) is 13.8. The zero-order chi connectivity index (χ0) is 21.6. The average molecular weight is 405 g/mol. The molecule has 2 rings (SSSR count). The molecule has 2 aromatic rings. The van der Waals surface area contributed by atoms with Crippen LogP contribution in [-0.2, 0) is 4.79 Å². The van der Waals surface area contributed by atoms with Crippen LogP contribution in [0, 0.1) is 5.92 Å². The molecule has 0 bridgehead atoms. The standard InChI is InChI=1S/C19H21F2N5O3/c1-4-6-13(25-19(28)29)12-7-8-22-14(9-12)16-15(10-23-26(16)18(20)21)24-17(27)11(3)5-2/h4-5,7-11,13,18,25H,1-2,6H2,3H3,(H,24,27)(H,28,29)/t11-,13+/m1/s1. The smallest absolute Gasteiger partial charge is 0.405 e. The molecule has 2 atom stereocenters. The van der Waals surface area contributed by atoms with E-state index in [9.17, 15) is 18.4 Å². The van der Waals surface area contributed by atoms with Crippen LogP contribution in [0.5, 0.6) is 0 Å². The Hall–Kier alpha value is -3.56. The molecular weight excluding hydrogens is 384 g/mol.